The van der Waals surface area contributed by atoms with Gasteiger partial charge < -0.3 is 16.0 Å². The third kappa shape index (κ3) is 4.71. The van der Waals surface area contributed by atoms with Crippen LogP contribution in [0.5, 0.6) is 0 Å². The van der Waals surface area contributed by atoms with Gasteiger partial charge >= 0.3 is 0 Å². The molecule has 1 aromatic heterocycles. The molecule has 1 aromatic rings. The fourth-order valence-corrected chi connectivity index (χ4v) is 1.73. The van der Waals surface area contributed by atoms with E-state index in [1.165, 1.54) is 12.6 Å². The van der Waals surface area contributed by atoms with Gasteiger partial charge in [0.1, 0.15) is 5.82 Å². The van der Waals surface area contributed by atoms with Gasteiger partial charge in [-0.15, -0.1) is 0 Å². The van der Waals surface area contributed by atoms with Crippen LogP contribution >= 0.6 is 0 Å². The van der Waals surface area contributed by atoms with Crippen LogP contribution in [0.3, 0.4) is 0 Å². The van der Waals surface area contributed by atoms with Crippen LogP contribution in [0.1, 0.15) is 30.6 Å². The highest BCUT2D eigenvalue weighted by molar-refractivity contribution is 5.92. The number of carbonyl (C=O) groups excluding carboxylic acids is 1. The minimum absolute atomic E-state index is 0.432. The molecule has 0 aliphatic rings. The molecule has 1 rings (SSSR count). The number of carbonyl (C=O) groups is 1. The summed E-state index contributed by atoms with van der Waals surface area (Å²) in [5, 5.41) is 3.23. The number of anilines is 1. The minimum Gasteiger partial charge on any atom is -0.369 e. The molecular formula is C13H22N4O. The van der Waals surface area contributed by atoms with Crippen molar-refractivity contribution < 1.29 is 4.79 Å². The van der Waals surface area contributed by atoms with Crippen molar-refractivity contribution in [3.05, 3.63) is 23.9 Å². The van der Waals surface area contributed by atoms with Crippen molar-refractivity contribution in [1.29, 1.82) is 0 Å². The Morgan fingerprint density at radius 3 is 2.67 bits per heavy atom. The molecule has 0 unspecified atom stereocenters. The van der Waals surface area contributed by atoms with Crippen LogP contribution < -0.4 is 11.1 Å². The van der Waals surface area contributed by atoms with Crippen LogP contribution in [-0.2, 0) is 0 Å². The largest absolute Gasteiger partial charge is 0.369 e. The zero-order valence-corrected chi connectivity index (χ0v) is 11.1. The Hall–Kier alpha value is -1.62. The maximum absolute atomic E-state index is 10.9. The third-order valence-electron chi connectivity index (χ3n) is 2.77. The zero-order valence-electron chi connectivity index (χ0n) is 11.1. The fraction of sp³-hybridized carbons (Fsp3) is 0.538. The first kappa shape index (κ1) is 14.4. The molecule has 0 aromatic carbocycles. The SMILES string of the molecule is CCCN(CC)CCNc1ccc(C(N)=O)cn1. The number of hydrogen-bond donors (Lipinski definition) is 2. The first-order valence-electron chi connectivity index (χ1n) is 6.39. The molecule has 0 saturated carbocycles. The molecule has 3 N–H and O–H groups in total. The maximum Gasteiger partial charge on any atom is 0.250 e. The van der Waals surface area contributed by atoms with Crippen LogP contribution in [0.4, 0.5) is 5.82 Å². The standard InChI is InChI=1S/C13H22N4O/c1-3-8-17(4-2)9-7-15-12-6-5-11(10-16-12)13(14)18/h5-6,10H,3-4,7-9H2,1-2H3,(H2,14,18)(H,15,16). The van der Waals surface area contributed by atoms with Gasteiger partial charge in [0.2, 0.25) is 5.91 Å². The molecule has 5 nitrogen and oxygen atoms in total. The molecule has 0 radical (unpaired) electrons. The monoisotopic (exact) mass is 250 g/mol. The highest BCUT2D eigenvalue weighted by Gasteiger charge is 2.02. The van der Waals surface area contributed by atoms with E-state index in [2.05, 4.69) is 29.0 Å². The molecule has 0 aliphatic carbocycles. The number of likely N-dealkylation sites (N-methyl/N-ethyl adjacent to an activating group) is 1. The first-order chi connectivity index (χ1) is 8.67. The van der Waals surface area contributed by atoms with Crippen LogP contribution in [-0.4, -0.2) is 42.0 Å². The molecule has 0 atom stereocenters. The topological polar surface area (TPSA) is 71.2 Å². The lowest BCUT2D eigenvalue weighted by Gasteiger charge is -2.19. The molecule has 5 heteroatoms. The van der Waals surface area contributed by atoms with Gasteiger partial charge in [-0.05, 0) is 31.6 Å². The van der Waals surface area contributed by atoms with Gasteiger partial charge in [0.15, 0.2) is 0 Å². The molecule has 0 spiro atoms. The van der Waals surface area contributed by atoms with Gasteiger partial charge in [0.05, 0.1) is 5.56 Å². The Balaban J connectivity index is 2.37. The predicted octanol–water partition coefficient (Wildman–Crippen LogP) is 1.32. The summed E-state index contributed by atoms with van der Waals surface area (Å²) in [6.45, 7) is 8.35. The third-order valence-corrected chi connectivity index (χ3v) is 2.77. The number of nitrogens with zero attached hydrogens (tertiary/aromatic N) is 2. The van der Waals surface area contributed by atoms with E-state index in [1.807, 2.05) is 0 Å². The van der Waals surface area contributed by atoms with Crippen molar-refractivity contribution in [3.8, 4) is 0 Å². The molecule has 18 heavy (non-hydrogen) atoms. The summed E-state index contributed by atoms with van der Waals surface area (Å²) >= 11 is 0. The van der Waals surface area contributed by atoms with Gasteiger partial charge in [-0.3, -0.25) is 4.79 Å². The minimum atomic E-state index is -0.450. The maximum atomic E-state index is 10.9. The molecule has 1 amide bonds. The predicted molar refractivity (Wildman–Crippen MR) is 73.6 cm³/mol. The average molecular weight is 250 g/mol. The van der Waals surface area contributed by atoms with E-state index >= 15 is 0 Å². The number of primary amides is 1. The van der Waals surface area contributed by atoms with Crippen molar-refractivity contribution >= 4 is 11.7 Å². The summed E-state index contributed by atoms with van der Waals surface area (Å²) in [5.74, 6) is 0.321. The molecule has 0 fully saturated rings. The summed E-state index contributed by atoms with van der Waals surface area (Å²) in [4.78, 5) is 17.4. The van der Waals surface area contributed by atoms with Gasteiger partial charge in [-0.1, -0.05) is 13.8 Å². The molecule has 100 valence electrons. The van der Waals surface area contributed by atoms with E-state index in [9.17, 15) is 4.79 Å². The number of rotatable bonds is 8. The van der Waals surface area contributed by atoms with E-state index < -0.39 is 5.91 Å². The van der Waals surface area contributed by atoms with Gasteiger partial charge in [0, 0.05) is 19.3 Å². The van der Waals surface area contributed by atoms with Gasteiger partial charge in [0.25, 0.3) is 0 Å². The second kappa shape index (κ2) is 7.66. The molecular weight excluding hydrogens is 228 g/mol. The first-order valence-corrected chi connectivity index (χ1v) is 6.39. The van der Waals surface area contributed by atoms with Gasteiger partial charge in [-0.2, -0.15) is 0 Å². The Labute approximate surface area is 108 Å². The second-order valence-electron chi connectivity index (χ2n) is 4.16. The zero-order chi connectivity index (χ0) is 13.4. The van der Waals surface area contributed by atoms with E-state index in [1.54, 1.807) is 12.1 Å². The normalized spacial score (nSPS) is 10.6. The summed E-state index contributed by atoms with van der Waals surface area (Å²) in [6, 6.07) is 3.46. The van der Waals surface area contributed by atoms with Gasteiger partial charge in [-0.25, -0.2) is 4.98 Å². The Kier molecular flexibility index (Phi) is 6.14. The van der Waals surface area contributed by atoms with Crippen molar-refractivity contribution in [3.63, 3.8) is 0 Å². The number of nitrogens with one attached hydrogen (secondary N) is 1. The summed E-state index contributed by atoms with van der Waals surface area (Å²) in [5.41, 5.74) is 5.58. The highest BCUT2D eigenvalue weighted by atomic mass is 16.1. The van der Waals surface area contributed by atoms with Crippen molar-refractivity contribution in [1.82, 2.24) is 9.88 Å². The molecule has 0 bridgehead atoms. The van der Waals surface area contributed by atoms with E-state index in [0.29, 0.717) is 5.56 Å². The Morgan fingerprint density at radius 1 is 1.39 bits per heavy atom. The van der Waals surface area contributed by atoms with E-state index in [-0.39, 0.29) is 0 Å². The van der Waals surface area contributed by atoms with Crippen LogP contribution in [0.2, 0.25) is 0 Å². The van der Waals surface area contributed by atoms with Crippen molar-refractivity contribution in [2.24, 2.45) is 5.73 Å². The van der Waals surface area contributed by atoms with Crippen LogP contribution in [0.15, 0.2) is 18.3 Å². The molecule has 0 saturated heterocycles. The number of amides is 1. The highest BCUT2D eigenvalue weighted by Crippen LogP contribution is 2.04. The quantitative estimate of drug-likeness (QED) is 0.730. The van der Waals surface area contributed by atoms with Crippen molar-refractivity contribution in [2.45, 2.75) is 20.3 Å². The number of aromatic nitrogens is 1. The average Bonchev–Trinajstić information content (AvgIpc) is 2.38. The lowest BCUT2D eigenvalue weighted by atomic mass is 10.3. The summed E-state index contributed by atoms with van der Waals surface area (Å²) in [6.07, 6.45) is 2.66. The number of hydrogen-bond acceptors (Lipinski definition) is 4. The van der Waals surface area contributed by atoms with Crippen molar-refractivity contribution in [2.75, 3.05) is 31.5 Å². The van der Waals surface area contributed by atoms with Crippen LogP contribution in [0, 0.1) is 0 Å². The lowest BCUT2D eigenvalue weighted by Crippen LogP contribution is -2.29. The number of nitrogens with two attached hydrogens (primary N) is 1. The fourth-order valence-electron chi connectivity index (χ4n) is 1.73. The van der Waals surface area contributed by atoms with E-state index in [0.717, 1.165) is 32.0 Å². The number of pyridine rings is 1. The second-order valence-corrected chi connectivity index (χ2v) is 4.16. The Morgan fingerprint density at radius 2 is 2.17 bits per heavy atom. The Bertz CT molecular complexity index is 364. The van der Waals surface area contributed by atoms with Crippen LogP contribution in [0.25, 0.3) is 0 Å². The van der Waals surface area contributed by atoms with E-state index in [4.69, 9.17) is 5.73 Å². The molecule has 1 heterocycles. The summed E-state index contributed by atoms with van der Waals surface area (Å²) < 4.78 is 0. The lowest BCUT2D eigenvalue weighted by molar-refractivity contribution is 0.1000. The summed E-state index contributed by atoms with van der Waals surface area (Å²) in [7, 11) is 0. The smallest absolute Gasteiger partial charge is 0.250 e. The molecule has 0 aliphatic heterocycles.